The molecule has 0 saturated carbocycles. The molecule has 1 fully saturated rings. The Morgan fingerprint density at radius 3 is 2.92 bits per heavy atom. The smallest absolute Gasteiger partial charge is 0.217 e. The Kier molecular flexibility index (Phi) is 5.38. The molecule has 1 amide bonds. The van der Waals surface area contributed by atoms with Gasteiger partial charge in [0.15, 0.2) is 0 Å². The van der Waals surface area contributed by atoms with Crippen molar-refractivity contribution in [3.63, 3.8) is 0 Å². The number of carbonyl (C=O) groups is 1. The summed E-state index contributed by atoms with van der Waals surface area (Å²) in [7, 11) is 0. The van der Waals surface area contributed by atoms with E-state index < -0.39 is 0 Å². The van der Waals surface area contributed by atoms with E-state index in [-0.39, 0.29) is 24.2 Å². The quantitative estimate of drug-likeness (QED) is 0.876. The van der Waals surface area contributed by atoms with Gasteiger partial charge in [0.05, 0.1) is 11.7 Å². The summed E-state index contributed by atoms with van der Waals surface area (Å²) >= 11 is 0. The minimum absolute atomic E-state index is 0.147. The second kappa shape index (κ2) is 7.70. The minimum atomic E-state index is -0.333. The van der Waals surface area contributed by atoms with Crippen LogP contribution in [0.5, 0.6) is 0 Å². The number of likely N-dealkylation sites (tertiary alicyclic amines) is 1. The van der Waals surface area contributed by atoms with Gasteiger partial charge in [0.1, 0.15) is 11.6 Å². The summed E-state index contributed by atoms with van der Waals surface area (Å²) in [5.41, 5.74) is 7.72. The number of hydrogen-bond donors (Lipinski definition) is 1. The summed E-state index contributed by atoms with van der Waals surface area (Å²) in [6.07, 6.45) is 2.84. The largest absolute Gasteiger partial charge is 0.370 e. The Morgan fingerprint density at radius 1 is 1.36 bits per heavy atom. The Labute approximate surface area is 147 Å². The molecule has 132 valence electrons. The molecule has 1 aromatic heterocycles. The van der Waals surface area contributed by atoms with Crippen LogP contribution in [-0.2, 0) is 17.8 Å². The third-order valence-corrected chi connectivity index (χ3v) is 4.57. The van der Waals surface area contributed by atoms with Gasteiger partial charge in [-0.1, -0.05) is 18.2 Å². The minimum Gasteiger partial charge on any atom is -0.370 e. The molecule has 1 aliphatic heterocycles. The van der Waals surface area contributed by atoms with Crippen molar-refractivity contribution in [2.24, 2.45) is 5.73 Å². The highest BCUT2D eigenvalue weighted by atomic mass is 19.1. The van der Waals surface area contributed by atoms with Gasteiger partial charge >= 0.3 is 0 Å². The van der Waals surface area contributed by atoms with Gasteiger partial charge in [0, 0.05) is 24.2 Å². The van der Waals surface area contributed by atoms with Gasteiger partial charge < -0.3 is 5.73 Å². The average Bonchev–Trinajstić information content (AvgIpc) is 3.03. The first-order valence-corrected chi connectivity index (χ1v) is 8.63. The molecule has 1 aromatic carbocycles. The van der Waals surface area contributed by atoms with Gasteiger partial charge in [-0.15, -0.1) is 0 Å². The van der Waals surface area contributed by atoms with E-state index in [9.17, 15) is 9.18 Å². The highest BCUT2D eigenvalue weighted by molar-refractivity contribution is 5.73. The Balaban J connectivity index is 1.79. The zero-order valence-electron chi connectivity index (χ0n) is 14.4. The van der Waals surface area contributed by atoms with Crippen molar-refractivity contribution in [2.75, 3.05) is 6.54 Å². The van der Waals surface area contributed by atoms with Crippen LogP contribution in [0.2, 0.25) is 0 Å². The normalized spacial score (nSPS) is 17.8. The summed E-state index contributed by atoms with van der Waals surface area (Å²) in [6, 6.07) is 9.00. The van der Waals surface area contributed by atoms with E-state index >= 15 is 0 Å². The fraction of sp³-hybridized carbons (Fsp3) is 0.421. The lowest BCUT2D eigenvalue weighted by Crippen LogP contribution is -2.24. The molecular formula is C19H23FN4O. The van der Waals surface area contributed by atoms with Gasteiger partial charge in [0.2, 0.25) is 5.91 Å². The Bertz CT molecular complexity index is 765. The van der Waals surface area contributed by atoms with Gasteiger partial charge in [-0.3, -0.25) is 9.69 Å². The van der Waals surface area contributed by atoms with E-state index in [1.54, 1.807) is 6.07 Å². The van der Waals surface area contributed by atoms with Crippen LogP contribution in [-0.4, -0.2) is 27.3 Å². The lowest BCUT2D eigenvalue weighted by atomic mass is 10.1. The zero-order valence-corrected chi connectivity index (χ0v) is 14.4. The number of aromatic nitrogens is 2. The van der Waals surface area contributed by atoms with E-state index in [2.05, 4.69) is 14.9 Å². The maximum atomic E-state index is 14.0. The van der Waals surface area contributed by atoms with Crippen molar-refractivity contribution in [2.45, 2.75) is 45.2 Å². The molecule has 1 saturated heterocycles. The van der Waals surface area contributed by atoms with E-state index in [1.165, 1.54) is 6.07 Å². The molecule has 0 bridgehead atoms. The standard InChI is InChI=1S/C19H23FN4O/c1-13-22-15(8-9-19(21)25)11-17(23-13)18-7-4-10-24(18)12-14-5-2-3-6-16(14)20/h2-3,5-6,11,18H,4,7-10,12H2,1H3,(H2,21,25). The summed E-state index contributed by atoms with van der Waals surface area (Å²) < 4.78 is 14.0. The maximum absolute atomic E-state index is 14.0. The van der Waals surface area contributed by atoms with E-state index in [0.29, 0.717) is 24.4 Å². The van der Waals surface area contributed by atoms with E-state index in [4.69, 9.17) is 5.73 Å². The Hall–Kier alpha value is -2.34. The van der Waals surface area contributed by atoms with Crippen molar-refractivity contribution < 1.29 is 9.18 Å². The third kappa shape index (κ3) is 4.39. The fourth-order valence-corrected chi connectivity index (χ4v) is 3.40. The number of rotatable bonds is 6. The van der Waals surface area contributed by atoms with Gasteiger partial charge in [-0.2, -0.15) is 0 Å². The first kappa shape index (κ1) is 17.5. The van der Waals surface area contributed by atoms with Crippen LogP contribution >= 0.6 is 0 Å². The monoisotopic (exact) mass is 342 g/mol. The second-order valence-electron chi connectivity index (χ2n) is 6.52. The van der Waals surface area contributed by atoms with Crippen LogP contribution < -0.4 is 5.73 Å². The predicted octanol–water partition coefficient (Wildman–Crippen LogP) is 2.68. The van der Waals surface area contributed by atoms with Crippen LogP contribution in [0.4, 0.5) is 4.39 Å². The molecule has 2 aromatic rings. The van der Waals surface area contributed by atoms with Crippen molar-refractivity contribution in [1.29, 1.82) is 0 Å². The highest BCUT2D eigenvalue weighted by Gasteiger charge is 2.28. The molecule has 1 aliphatic rings. The van der Waals surface area contributed by atoms with Crippen LogP contribution in [0, 0.1) is 12.7 Å². The number of nitrogens with zero attached hydrogens (tertiary/aromatic N) is 3. The van der Waals surface area contributed by atoms with Crippen LogP contribution in [0.25, 0.3) is 0 Å². The molecule has 6 heteroatoms. The summed E-state index contributed by atoms with van der Waals surface area (Å²) in [5.74, 6) is 0.184. The number of primary amides is 1. The third-order valence-electron chi connectivity index (χ3n) is 4.57. The molecule has 2 N–H and O–H groups in total. The number of halogens is 1. The fourth-order valence-electron chi connectivity index (χ4n) is 3.40. The lowest BCUT2D eigenvalue weighted by molar-refractivity contribution is -0.118. The average molecular weight is 342 g/mol. The summed E-state index contributed by atoms with van der Waals surface area (Å²) in [5, 5.41) is 0. The van der Waals surface area contributed by atoms with Gasteiger partial charge in [-0.05, 0) is 44.9 Å². The predicted molar refractivity (Wildman–Crippen MR) is 93.1 cm³/mol. The highest BCUT2D eigenvalue weighted by Crippen LogP contribution is 2.32. The van der Waals surface area contributed by atoms with Gasteiger partial charge in [-0.25, -0.2) is 14.4 Å². The SMILES string of the molecule is Cc1nc(CCC(N)=O)cc(C2CCCN2Cc2ccccc2F)n1. The molecule has 25 heavy (non-hydrogen) atoms. The summed E-state index contributed by atoms with van der Waals surface area (Å²) in [6.45, 7) is 3.34. The number of aryl methyl sites for hydroxylation is 2. The topological polar surface area (TPSA) is 72.1 Å². The van der Waals surface area contributed by atoms with Gasteiger partial charge in [0.25, 0.3) is 0 Å². The van der Waals surface area contributed by atoms with Crippen molar-refractivity contribution in [3.05, 3.63) is 58.9 Å². The van der Waals surface area contributed by atoms with Crippen LogP contribution in [0.15, 0.2) is 30.3 Å². The Morgan fingerprint density at radius 2 is 2.16 bits per heavy atom. The lowest BCUT2D eigenvalue weighted by Gasteiger charge is -2.24. The van der Waals surface area contributed by atoms with Crippen molar-refractivity contribution >= 4 is 5.91 Å². The summed E-state index contributed by atoms with van der Waals surface area (Å²) in [4.78, 5) is 22.3. The number of hydrogen-bond acceptors (Lipinski definition) is 4. The molecule has 3 rings (SSSR count). The zero-order chi connectivity index (χ0) is 17.8. The van der Waals surface area contributed by atoms with Crippen molar-refractivity contribution in [3.8, 4) is 0 Å². The number of amides is 1. The number of benzene rings is 1. The molecule has 0 aliphatic carbocycles. The van der Waals surface area contributed by atoms with E-state index in [1.807, 2.05) is 25.1 Å². The number of nitrogens with two attached hydrogens (primary N) is 1. The van der Waals surface area contributed by atoms with Crippen LogP contribution in [0.1, 0.15) is 48.1 Å². The van der Waals surface area contributed by atoms with E-state index in [0.717, 1.165) is 30.8 Å². The molecule has 1 unspecified atom stereocenters. The molecule has 1 atom stereocenters. The second-order valence-corrected chi connectivity index (χ2v) is 6.52. The number of carbonyl (C=O) groups excluding carboxylic acids is 1. The molecule has 0 spiro atoms. The molecule has 5 nitrogen and oxygen atoms in total. The molecular weight excluding hydrogens is 319 g/mol. The first-order chi connectivity index (χ1) is 12.0. The van der Waals surface area contributed by atoms with Crippen LogP contribution in [0.3, 0.4) is 0 Å². The first-order valence-electron chi connectivity index (χ1n) is 8.63. The molecule has 2 heterocycles. The maximum Gasteiger partial charge on any atom is 0.217 e. The van der Waals surface area contributed by atoms with Crippen molar-refractivity contribution in [1.82, 2.24) is 14.9 Å². The molecule has 0 radical (unpaired) electrons.